The minimum absolute atomic E-state index is 0.0169. The van der Waals surface area contributed by atoms with Gasteiger partial charge in [0.05, 0.1) is 0 Å². The molecule has 1 aromatic rings. The summed E-state index contributed by atoms with van der Waals surface area (Å²) < 4.78 is 13.3. The summed E-state index contributed by atoms with van der Waals surface area (Å²) in [6, 6.07) is 3.41. The molecule has 0 fully saturated rings. The zero-order valence-electron chi connectivity index (χ0n) is 8.98. The normalized spacial score (nSPS) is 24.2. The first-order valence-electron chi connectivity index (χ1n) is 5.25. The molecule has 1 aromatic heterocycles. The highest BCUT2D eigenvalue weighted by atomic mass is 19.1. The summed E-state index contributed by atoms with van der Waals surface area (Å²) >= 11 is 0. The van der Waals surface area contributed by atoms with Gasteiger partial charge in [-0.1, -0.05) is 19.1 Å². The van der Waals surface area contributed by atoms with Gasteiger partial charge in [-0.25, -0.2) is 4.98 Å². The lowest BCUT2D eigenvalue weighted by molar-refractivity contribution is -0.125. The van der Waals surface area contributed by atoms with E-state index in [1.54, 1.807) is 18.3 Å². The number of nitrogens with one attached hydrogen (secondary N) is 1. The van der Waals surface area contributed by atoms with Gasteiger partial charge in [0.2, 0.25) is 11.9 Å². The Labute approximate surface area is 93.4 Å². The van der Waals surface area contributed by atoms with Crippen LogP contribution in [-0.2, 0) is 11.2 Å². The van der Waals surface area contributed by atoms with Crippen LogP contribution in [0.4, 0.5) is 4.39 Å². The zero-order chi connectivity index (χ0) is 11.5. The van der Waals surface area contributed by atoms with Crippen LogP contribution in [-0.4, -0.2) is 10.9 Å². The first-order chi connectivity index (χ1) is 7.68. The van der Waals surface area contributed by atoms with Gasteiger partial charge >= 0.3 is 0 Å². The quantitative estimate of drug-likeness (QED) is 0.770. The van der Waals surface area contributed by atoms with Crippen LogP contribution in [0.2, 0.25) is 0 Å². The van der Waals surface area contributed by atoms with E-state index in [1.807, 2.05) is 13.0 Å². The molecule has 16 heavy (non-hydrogen) atoms. The van der Waals surface area contributed by atoms with Gasteiger partial charge in [0.25, 0.3) is 0 Å². The average molecular weight is 220 g/mol. The maximum absolute atomic E-state index is 13.3. The minimum atomic E-state index is -0.450. The van der Waals surface area contributed by atoms with Crippen molar-refractivity contribution in [1.82, 2.24) is 10.3 Å². The third-order valence-electron chi connectivity index (χ3n) is 2.92. The number of carbonyl (C=O) groups is 1. The molecule has 0 spiro atoms. The highest BCUT2D eigenvalue weighted by molar-refractivity contribution is 5.80. The van der Waals surface area contributed by atoms with E-state index in [9.17, 15) is 9.18 Å². The SMILES string of the molecule is C[C@H]1C(=O)NC=C[C@H]1Cc1cccnc1F. The predicted molar refractivity (Wildman–Crippen MR) is 57.8 cm³/mol. The van der Waals surface area contributed by atoms with E-state index in [2.05, 4.69) is 10.3 Å². The topological polar surface area (TPSA) is 42.0 Å². The Morgan fingerprint density at radius 3 is 3.12 bits per heavy atom. The summed E-state index contributed by atoms with van der Waals surface area (Å²) in [6.45, 7) is 1.85. The van der Waals surface area contributed by atoms with E-state index in [4.69, 9.17) is 0 Å². The number of aromatic nitrogens is 1. The van der Waals surface area contributed by atoms with Crippen molar-refractivity contribution in [2.75, 3.05) is 0 Å². The van der Waals surface area contributed by atoms with Gasteiger partial charge in [0.1, 0.15) is 0 Å². The molecule has 2 atom stereocenters. The fourth-order valence-electron chi connectivity index (χ4n) is 1.82. The molecule has 1 aliphatic heterocycles. The molecule has 1 N–H and O–H groups in total. The van der Waals surface area contributed by atoms with Gasteiger partial charge < -0.3 is 5.32 Å². The largest absolute Gasteiger partial charge is 0.333 e. The molecule has 0 unspecified atom stereocenters. The van der Waals surface area contributed by atoms with Crippen molar-refractivity contribution >= 4 is 5.91 Å². The Bertz CT molecular complexity index is 431. The van der Waals surface area contributed by atoms with Crippen molar-refractivity contribution in [3.63, 3.8) is 0 Å². The number of amides is 1. The first kappa shape index (κ1) is 10.8. The Balaban J connectivity index is 2.16. The predicted octanol–water partition coefficient (Wildman–Crippen LogP) is 1.66. The summed E-state index contributed by atoms with van der Waals surface area (Å²) in [5, 5.41) is 2.63. The standard InChI is InChI=1S/C12H13FN2O/c1-8-9(4-6-15-12(8)16)7-10-3-2-5-14-11(10)13/h2-6,8-9H,7H2,1H3,(H,15,16)/t8-,9+/m1/s1. The lowest BCUT2D eigenvalue weighted by Crippen LogP contribution is -2.34. The number of carbonyl (C=O) groups excluding carboxylic acids is 1. The van der Waals surface area contributed by atoms with Crippen LogP contribution in [0.15, 0.2) is 30.6 Å². The summed E-state index contributed by atoms with van der Waals surface area (Å²) in [5.74, 6) is -0.567. The van der Waals surface area contributed by atoms with Crippen LogP contribution in [0.5, 0.6) is 0 Å². The van der Waals surface area contributed by atoms with Crippen molar-refractivity contribution in [3.05, 3.63) is 42.1 Å². The Morgan fingerprint density at radius 2 is 2.38 bits per heavy atom. The third kappa shape index (κ3) is 2.10. The van der Waals surface area contributed by atoms with E-state index in [-0.39, 0.29) is 17.7 Å². The van der Waals surface area contributed by atoms with Gasteiger partial charge in [0, 0.05) is 23.9 Å². The molecule has 0 aromatic carbocycles. The second-order valence-electron chi connectivity index (χ2n) is 3.98. The molecule has 1 aliphatic rings. The highest BCUT2D eigenvalue weighted by Gasteiger charge is 2.25. The van der Waals surface area contributed by atoms with Crippen LogP contribution in [0.3, 0.4) is 0 Å². The molecule has 3 nitrogen and oxygen atoms in total. The number of nitrogens with zero attached hydrogens (tertiary/aromatic N) is 1. The number of hydrogen-bond acceptors (Lipinski definition) is 2. The van der Waals surface area contributed by atoms with Crippen molar-refractivity contribution in [2.45, 2.75) is 13.3 Å². The zero-order valence-corrected chi connectivity index (χ0v) is 8.98. The molecule has 0 saturated heterocycles. The van der Waals surface area contributed by atoms with Crippen molar-refractivity contribution in [1.29, 1.82) is 0 Å². The Morgan fingerprint density at radius 1 is 1.56 bits per heavy atom. The van der Waals surface area contributed by atoms with E-state index in [0.29, 0.717) is 12.0 Å². The fraction of sp³-hybridized carbons (Fsp3) is 0.333. The maximum Gasteiger partial charge on any atom is 0.227 e. The van der Waals surface area contributed by atoms with Crippen LogP contribution >= 0.6 is 0 Å². The minimum Gasteiger partial charge on any atom is -0.333 e. The molecule has 0 saturated carbocycles. The van der Waals surface area contributed by atoms with E-state index in [0.717, 1.165) is 0 Å². The number of pyridine rings is 1. The molecular formula is C12H13FN2O. The second-order valence-corrected chi connectivity index (χ2v) is 3.98. The first-order valence-corrected chi connectivity index (χ1v) is 5.25. The van der Waals surface area contributed by atoms with Gasteiger partial charge in [0.15, 0.2) is 0 Å². The monoisotopic (exact) mass is 220 g/mol. The smallest absolute Gasteiger partial charge is 0.227 e. The Kier molecular flexibility index (Phi) is 2.99. The van der Waals surface area contributed by atoms with Gasteiger partial charge in [-0.2, -0.15) is 4.39 Å². The average Bonchev–Trinajstić information content (AvgIpc) is 2.28. The maximum atomic E-state index is 13.3. The van der Waals surface area contributed by atoms with Crippen molar-refractivity contribution in [3.8, 4) is 0 Å². The van der Waals surface area contributed by atoms with E-state index >= 15 is 0 Å². The van der Waals surface area contributed by atoms with Gasteiger partial charge in [-0.05, 0) is 18.4 Å². The van der Waals surface area contributed by atoms with Crippen LogP contribution in [0.25, 0.3) is 0 Å². The summed E-state index contributed by atoms with van der Waals surface area (Å²) in [6.07, 6.45) is 5.45. The number of rotatable bonds is 2. The molecule has 0 radical (unpaired) electrons. The molecule has 2 heterocycles. The number of halogens is 1. The van der Waals surface area contributed by atoms with E-state index in [1.165, 1.54) is 6.20 Å². The highest BCUT2D eigenvalue weighted by Crippen LogP contribution is 2.22. The lowest BCUT2D eigenvalue weighted by Gasteiger charge is -2.23. The molecule has 84 valence electrons. The van der Waals surface area contributed by atoms with E-state index < -0.39 is 5.95 Å². The van der Waals surface area contributed by atoms with Crippen LogP contribution in [0.1, 0.15) is 12.5 Å². The Hall–Kier alpha value is -1.71. The van der Waals surface area contributed by atoms with Crippen LogP contribution < -0.4 is 5.32 Å². The lowest BCUT2D eigenvalue weighted by atomic mass is 9.86. The molecule has 0 bridgehead atoms. The summed E-state index contributed by atoms with van der Waals surface area (Å²) in [5.41, 5.74) is 0.554. The molecule has 0 aliphatic carbocycles. The second kappa shape index (κ2) is 4.43. The van der Waals surface area contributed by atoms with Crippen molar-refractivity contribution in [2.24, 2.45) is 11.8 Å². The van der Waals surface area contributed by atoms with Crippen LogP contribution in [0, 0.1) is 17.8 Å². The van der Waals surface area contributed by atoms with Gasteiger partial charge in [-0.3, -0.25) is 4.79 Å². The molecule has 4 heteroatoms. The third-order valence-corrected chi connectivity index (χ3v) is 2.92. The number of allylic oxidation sites excluding steroid dienone is 1. The number of hydrogen-bond donors (Lipinski definition) is 1. The molecular weight excluding hydrogens is 207 g/mol. The van der Waals surface area contributed by atoms with Crippen molar-refractivity contribution < 1.29 is 9.18 Å². The fourth-order valence-corrected chi connectivity index (χ4v) is 1.82. The summed E-state index contributed by atoms with van der Waals surface area (Å²) in [4.78, 5) is 15.0. The molecule has 1 amide bonds. The van der Waals surface area contributed by atoms with Gasteiger partial charge in [-0.15, -0.1) is 0 Å². The summed E-state index contributed by atoms with van der Waals surface area (Å²) in [7, 11) is 0. The molecule has 2 rings (SSSR count).